The molecule has 7 nitrogen and oxygen atoms in total. The molecular weight excluding hydrogens is 352 g/mol. The van der Waals surface area contributed by atoms with E-state index in [-0.39, 0.29) is 18.0 Å². The highest BCUT2D eigenvalue weighted by Crippen LogP contribution is 2.32. The standard InChI is InChI=1S/C18H14N4O3S/c23-17(9-13-11-26-18(20-13)15-3-1-2-7-19-15)21-8-6-12-4-5-14(22(24)25)10-16(12)21/h1-5,7,10-11H,6,8-9H2. The molecule has 3 aromatic rings. The fraction of sp³-hybridized carbons (Fsp3) is 0.167. The molecule has 0 unspecified atom stereocenters. The lowest BCUT2D eigenvalue weighted by atomic mass is 10.1. The van der Waals surface area contributed by atoms with Gasteiger partial charge in [0.25, 0.3) is 5.69 Å². The number of thiazole rings is 1. The number of rotatable bonds is 4. The van der Waals surface area contributed by atoms with Crippen molar-refractivity contribution in [2.75, 3.05) is 11.4 Å². The zero-order valence-corrected chi connectivity index (χ0v) is 14.5. The zero-order chi connectivity index (χ0) is 18.1. The molecule has 4 rings (SSSR count). The van der Waals surface area contributed by atoms with E-state index in [1.54, 1.807) is 17.2 Å². The first-order chi connectivity index (χ1) is 12.6. The van der Waals surface area contributed by atoms with Gasteiger partial charge < -0.3 is 4.90 Å². The summed E-state index contributed by atoms with van der Waals surface area (Å²) in [6, 6.07) is 10.3. The Morgan fingerprint density at radius 2 is 2.19 bits per heavy atom. The van der Waals surface area contributed by atoms with E-state index in [4.69, 9.17) is 0 Å². The molecule has 0 saturated carbocycles. The fourth-order valence-electron chi connectivity index (χ4n) is 2.99. The molecule has 26 heavy (non-hydrogen) atoms. The molecule has 1 amide bonds. The molecule has 0 atom stereocenters. The van der Waals surface area contributed by atoms with Crippen molar-refractivity contribution in [3.05, 3.63) is 69.3 Å². The molecule has 8 heteroatoms. The van der Waals surface area contributed by atoms with E-state index in [2.05, 4.69) is 9.97 Å². The summed E-state index contributed by atoms with van der Waals surface area (Å²) in [6.07, 6.45) is 2.57. The maximum absolute atomic E-state index is 12.7. The molecular formula is C18H14N4O3S. The van der Waals surface area contributed by atoms with Crippen LogP contribution in [0.25, 0.3) is 10.7 Å². The lowest BCUT2D eigenvalue weighted by molar-refractivity contribution is -0.384. The minimum absolute atomic E-state index is 0.00505. The van der Waals surface area contributed by atoms with Crippen molar-refractivity contribution in [3.63, 3.8) is 0 Å². The second-order valence-corrected chi connectivity index (χ2v) is 6.76. The van der Waals surface area contributed by atoms with E-state index >= 15 is 0 Å². The minimum atomic E-state index is -0.444. The number of nitro benzene ring substituents is 1. The number of nitro groups is 1. The Kier molecular flexibility index (Phi) is 4.18. The average molecular weight is 366 g/mol. The van der Waals surface area contributed by atoms with E-state index < -0.39 is 4.92 Å². The van der Waals surface area contributed by atoms with Crippen molar-refractivity contribution in [1.82, 2.24) is 9.97 Å². The van der Waals surface area contributed by atoms with Gasteiger partial charge in [0.15, 0.2) is 0 Å². The Morgan fingerprint density at radius 1 is 1.31 bits per heavy atom. The van der Waals surface area contributed by atoms with E-state index in [9.17, 15) is 14.9 Å². The number of amides is 1. The molecule has 0 N–H and O–H groups in total. The monoisotopic (exact) mass is 366 g/mol. The molecule has 0 bridgehead atoms. The highest BCUT2D eigenvalue weighted by Gasteiger charge is 2.27. The van der Waals surface area contributed by atoms with E-state index in [0.29, 0.717) is 24.3 Å². The lowest BCUT2D eigenvalue weighted by Gasteiger charge is -2.16. The number of benzene rings is 1. The van der Waals surface area contributed by atoms with Gasteiger partial charge in [-0.15, -0.1) is 11.3 Å². The summed E-state index contributed by atoms with van der Waals surface area (Å²) < 4.78 is 0. The topological polar surface area (TPSA) is 89.2 Å². The number of hydrogen-bond acceptors (Lipinski definition) is 6. The lowest BCUT2D eigenvalue weighted by Crippen LogP contribution is -2.30. The summed E-state index contributed by atoms with van der Waals surface area (Å²) in [7, 11) is 0. The smallest absolute Gasteiger partial charge is 0.271 e. The Morgan fingerprint density at radius 3 is 2.96 bits per heavy atom. The Labute approximate surface area is 153 Å². The van der Waals surface area contributed by atoms with E-state index in [1.807, 2.05) is 23.6 Å². The molecule has 130 valence electrons. The second-order valence-electron chi connectivity index (χ2n) is 5.90. The predicted octanol–water partition coefficient (Wildman–Crippen LogP) is 3.25. The summed E-state index contributed by atoms with van der Waals surface area (Å²) in [5.74, 6) is -0.109. The van der Waals surface area contributed by atoms with Crippen LogP contribution in [-0.2, 0) is 17.6 Å². The van der Waals surface area contributed by atoms with Crippen molar-refractivity contribution in [2.24, 2.45) is 0 Å². The van der Waals surface area contributed by atoms with Crippen LogP contribution in [0.4, 0.5) is 11.4 Å². The summed E-state index contributed by atoms with van der Waals surface area (Å²) >= 11 is 1.45. The Bertz CT molecular complexity index is 987. The van der Waals surface area contributed by atoms with Gasteiger partial charge in [-0.05, 0) is 24.1 Å². The average Bonchev–Trinajstić information content (AvgIpc) is 3.28. The number of anilines is 1. The quantitative estimate of drug-likeness (QED) is 0.522. The SMILES string of the molecule is O=C(Cc1csc(-c2ccccn2)n1)N1CCc2ccc([N+](=O)[O-])cc21. The van der Waals surface area contributed by atoms with Gasteiger partial charge in [0.1, 0.15) is 5.01 Å². The molecule has 2 aromatic heterocycles. The molecule has 3 heterocycles. The van der Waals surface area contributed by atoms with Gasteiger partial charge in [0, 0.05) is 30.3 Å². The molecule has 0 spiro atoms. The number of nitrogens with zero attached hydrogens (tertiary/aromatic N) is 4. The third-order valence-corrected chi connectivity index (χ3v) is 5.16. The van der Waals surface area contributed by atoms with Crippen LogP contribution in [0, 0.1) is 10.1 Å². The minimum Gasteiger partial charge on any atom is -0.311 e. The molecule has 1 aliphatic heterocycles. The summed E-state index contributed by atoms with van der Waals surface area (Å²) in [5, 5.41) is 13.6. The van der Waals surface area contributed by atoms with Crippen LogP contribution < -0.4 is 4.90 Å². The molecule has 1 aromatic carbocycles. The molecule has 1 aliphatic rings. The maximum Gasteiger partial charge on any atom is 0.271 e. The number of non-ortho nitro benzene ring substituents is 1. The first-order valence-corrected chi connectivity index (χ1v) is 8.93. The highest BCUT2D eigenvalue weighted by atomic mass is 32.1. The van der Waals surface area contributed by atoms with Gasteiger partial charge in [-0.1, -0.05) is 12.1 Å². The van der Waals surface area contributed by atoms with Crippen LogP contribution in [-0.4, -0.2) is 27.3 Å². The third kappa shape index (κ3) is 3.06. The van der Waals surface area contributed by atoms with Crippen molar-refractivity contribution < 1.29 is 9.72 Å². The predicted molar refractivity (Wildman–Crippen MR) is 98.2 cm³/mol. The number of aromatic nitrogens is 2. The van der Waals surface area contributed by atoms with Gasteiger partial charge in [0.05, 0.1) is 28.4 Å². The molecule has 0 fully saturated rings. The summed E-state index contributed by atoms with van der Waals surface area (Å²) in [6.45, 7) is 0.534. The first-order valence-electron chi connectivity index (χ1n) is 8.05. The largest absolute Gasteiger partial charge is 0.311 e. The van der Waals surface area contributed by atoms with Crippen LogP contribution in [0.5, 0.6) is 0 Å². The van der Waals surface area contributed by atoms with Crippen LogP contribution in [0.15, 0.2) is 48.0 Å². The number of carbonyl (C=O) groups excluding carboxylic acids is 1. The van der Waals surface area contributed by atoms with Crippen molar-refractivity contribution in [1.29, 1.82) is 0 Å². The van der Waals surface area contributed by atoms with Crippen molar-refractivity contribution >= 4 is 28.6 Å². The number of pyridine rings is 1. The highest BCUT2D eigenvalue weighted by molar-refractivity contribution is 7.13. The van der Waals surface area contributed by atoms with Gasteiger partial charge in [-0.25, -0.2) is 4.98 Å². The van der Waals surface area contributed by atoms with Crippen LogP contribution in [0.2, 0.25) is 0 Å². The van der Waals surface area contributed by atoms with E-state index in [1.165, 1.54) is 23.5 Å². The van der Waals surface area contributed by atoms with Gasteiger partial charge in [0.2, 0.25) is 5.91 Å². The third-order valence-electron chi connectivity index (χ3n) is 4.24. The Balaban J connectivity index is 1.53. The fourth-order valence-corrected chi connectivity index (χ4v) is 3.78. The molecule has 0 saturated heterocycles. The van der Waals surface area contributed by atoms with Crippen LogP contribution >= 0.6 is 11.3 Å². The maximum atomic E-state index is 12.7. The summed E-state index contributed by atoms with van der Waals surface area (Å²) in [4.78, 5) is 33.6. The molecule has 0 radical (unpaired) electrons. The van der Waals surface area contributed by atoms with Gasteiger partial charge in [-0.2, -0.15) is 0 Å². The Hall–Kier alpha value is -3.13. The van der Waals surface area contributed by atoms with Crippen LogP contribution in [0.3, 0.4) is 0 Å². The summed E-state index contributed by atoms with van der Waals surface area (Å²) in [5.41, 5.74) is 3.04. The van der Waals surface area contributed by atoms with Crippen LogP contribution in [0.1, 0.15) is 11.3 Å². The number of hydrogen-bond donors (Lipinski definition) is 0. The van der Waals surface area contributed by atoms with Gasteiger partial charge in [-0.3, -0.25) is 19.9 Å². The number of fused-ring (bicyclic) bond motifs is 1. The van der Waals surface area contributed by atoms with Gasteiger partial charge >= 0.3 is 0 Å². The molecule has 0 aliphatic carbocycles. The number of carbonyl (C=O) groups is 1. The normalized spacial score (nSPS) is 12.8. The first kappa shape index (κ1) is 16.3. The van der Waals surface area contributed by atoms with E-state index in [0.717, 1.165) is 16.3 Å². The second kappa shape index (κ2) is 6.64. The zero-order valence-electron chi connectivity index (χ0n) is 13.7. The van der Waals surface area contributed by atoms with Crippen molar-refractivity contribution in [2.45, 2.75) is 12.8 Å². The van der Waals surface area contributed by atoms with Crippen molar-refractivity contribution in [3.8, 4) is 10.7 Å².